The number of hydrogen-bond acceptors (Lipinski definition) is 4. The highest BCUT2D eigenvalue weighted by molar-refractivity contribution is 6.62. The predicted octanol–water partition coefficient (Wildman–Crippen LogP) is 2.12. The molecule has 0 radical (unpaired) electrons. The number of amides is 1. The van der Waals surface area contributed by atoms with E-state index < -0.39 is 48.0 Å². The molecule has 0 saturated carbocycles. The number of anilines is 1. The molecule has 1 aliphatic heterocycles. The van der Waals surface area contributed by atoms with Crippen molar-refractivity contribution in [3.8, 4) is 6.07 Å². The summed E-state index contributed by atoms with van der Waals surface area (Å²) in [5.74, 6) is -2.70. The van der Waals surface area contributed by atoms with Crippen LogP contribution in [0.3, 0.4) is 0 Å². The van der Waals surface area contributed by atoms with E-state index in [2.05, 4.69) is 0 Å². The Labute approximate surface area is 133 Å². The van der Waals surface area contributed by atoms with Gasteiger partial charge in [-0.2, -0.15) is 5.26 Å². The lowest BCUT2D eigenvalue weighted by molar-refractivity contribution is -0.115. The van der Waals surface area contributed by atoms with Crippen LogP contribution in [0.1, 0.15) is 34.1 Å². The molecule has 1 aromatic rings. The number of rotatable bonds is 3. The van der Waals surface area contributed by atoms with Gasteiger partial charge < -0.3 is 14.6 Å². The van der Waals surface area contributed by atoms with Gasteiger partial charge >= 0.3 is 7.12 Å². The van der Waals surface area contributed by atoms with Crippen molar-refractivity contribution in [3.63, 3.8) is 0 Å². The molecule has 0 bridgehead atoms. The molecule has 8 heteroatoms. The van der Waals surface area contributed by atoms with Crippen LogP contribution in [0.5, 0.6) is 0 Å². The van der Waals surface area contributed by atoms with E-state index in [9.17, 15) is 13.6 Å². The number of nitrogens with one attached hydrogen (secondary N) is 1. The van der Waals surface area contributed by atoms with Gasteiger partial charge in [0.1, 0.15) is 23.7 Å². The van der Waals surface area contributed by atoms with E-state index in [1.54, 1.807) is 6.07 Å². The molecule has 1 saturated heterocycles. The Hall–Kier alpha value is -1.98. The van der Waals surface area contributed by atoms with Crippen LogP contribution in [0.25, 0.3) is 0 Å². The van der Waals surface area contributed by atoms with Crippen molar-refractivity contribution in [2.75, 3.05) is 5.32 Å². The van der Waals surface area contributed by atoms with Gasteiger partial charge in [-0.05, 0) is 45.3 Å². The van der Waals surface area contributed by atoms with Gasteiger partial charge in [0.05, 0.1) is 17.3 Å². The minimum atomic E-state index is -0.957. The van der Waals surface area contributed by atoms with Crippen molar-refractivity contribution in [1.82, 2.24) is 0 Å². The summed E-state index contributed by atoms with van der Waals surface area (Å²) in [5, 5.41) is 10.4. The fourth-order valence-corrected chi connectivity index (χ4v) is 2.08. The number of halogens is 2. The summed E-state index contributed by atoms with van der Waals surface area (Å²) in [6.45, 7) is 7.32. The lowest BCUT2D eigenvalue weighted by Crippen LogP contribution is -2.41. The Kier molecular flexibility index (Phi) is 4.46. The monoisotopic (exact) mass is 322 g/mol. The molecule has 5 nitrogen and oxygen atoms in total. The van der Waals surface area contributed by atoms with Crippen LogP contribution in [0.15, 0.2) is 12.1 Å². The molecule has 0 atom stereocenters. The second-order valence-corrected chi connectivity index (χ2v) is 6.33. The summed E-state index contributed by atoms with van der Waals surface area (Å²) in [4.78, 5) is 11.3. The van der Waals surface area contributed by atoms with Crippen LogP contribution in [0.4, 0.5) is 14.5 Å². The van der Waals surface area contributed by atoms with Gasteiger partial charge in [0.2, 0.25) is 5.91 Å². The van der Waals surface area contributed by atoms with Crippen LogP contribution in [-0.2, 0) is 14.1 Å². The Morgan fingerprint density at radius 2 is 1.70 bits per heavy atom. The van der Waals surface area contributed by atoms with E-state index in [1.165, 1.54) is 0 Å². The summed E-state index contributed by atoms with van der Waals surface area (Å²) in [7, 11) is -0.909. The zero-order chi connectivity index (χ0) is 17.4. The first-order chi connectivity index (χ1) is 10.6. The van der Waals surface area contributed by atoms with Crippen molar-refractivity contribution in [3.05, 3.63) is 23.8 Å². The number of carbonyl (C=O) groups is 1. The normalized spacial score (nSPS) is 18.6. The van der Waals surface area contributed by atoms with Crippen LogP contribution < -0.4 is 10.8 Å². The standard InChI is InChI=1S/C15H17BF2N2O3/c1-14(2)15(3,4)23-16(22-14)9-7-10(17)13(11(18)8-9)20-12(21)5-6-19/h7-8H,5H2,1-4H3,(H,20,21). The number of benzene rings is 1. The van der Waals surface area contributed by atoms with Gasteiger partial charge in [-0.15, -0.1) is 0 Å². The van der Waals surface area contributed by atoms with Crippen molar-refractivity contribution in [1.29, 1.82) is 5.26 Å². The van der Waals surface area contributed by atoms with Gasteiger partial charge in [-0.25, -0.2) is 8.78 Å². The first kappa shape index (κ1) is 17.4. The third-order valence-electron chi connectivity index (χ3n) is 4.09. The Morgan fingerprint density at radius 1 is 1.22 bits per heavy atom. The quantitative estimate of drug-likeness (QED) is 0.865. The zero-order valence-corrected chi connectivity index (χ0v) is 13.4. The molecule has 1 fully saturated rings. The van der Waals surface area contributed by atoms with Gasteiger partial charge in [0.15, 0.2) is 0 Å². The van der Waals surface area contributed by atoms with Gasteiger partial charge in [0.25, 0.3) is 0 Å². The highest BCUT2D eigenvalue weighted by atomic mass is 19.1. The third-order valence-corrected chi connectivity index (χ3v) is 4.09. The number of nitrogens with zero attached hydrogens (tertiary/aromatic N) is 1. The molecular formula is C15H17BF2N2O3. The first-order valence-corrected chi connectivity index (χ1v) is 7.09. The molecule has 0 spiro atoms. The van der Waals surface area contributed by atoms with Crippen LogP contribution >= 0.6 is 0 Å². The van der Waals surface area contributed by atoms with Gasteiger partial charge in [-0.3, -0.25) is 4.79 Å². The summed E-state index contributed by atoms with van der Waals surface area (Å²) in [6, 6.07) is 3.70. The highest BCUT2D eigenvalue weighted by Crippen LogP contribution is 2.36. The van der Waals surface area contributed by atoms with Crippen molar-refractivity contribution in [2.24, 2.45) is 0 Å². The fourth-order valence-electron chi connectivity index (χ4n) is 2.08. The van der Waals surface area contributed by atoms with E-state index in [0.29, 0.717) is 0 Å². The van der Waals surface area contributed by atoms with Crippen LogP contribution in [0.2, 0.25) is 0 Å². The first-order valence-electron chi connectivity index (χ1n) is 7.09. The van der Waals surface area contributed by atoms with E-state index >= 15 is 0 Å². The van der Waals surface area contributed by atoms with E-state index in [1.807, 2.05) is 33.0 Å². The SMILES string of the molecule is CC1(C)OB(c2cc(F)c(NC(=O)CC#N)c(F)c2)OC1(C)C. The largest absolute Gasteiger partial charge is 0.495 e. The molecule has 1 aromatic carbocycles. The zero-order valence-electron chi connectivity index (χ0n) is 13.4. The number of carbonyl (C=O) groups excluding carboxylic acids is 1. The number of hydrogen-bond donors (Lipinski definition) is 1. The van der Waals surface area contributed by atoms with Gasteiger partial charge in [0, 0.05) is 0 Å². The molecule has 1 aliphatic rings. The molecule has 0 unspecified atom stereocenters. The Morgan fingerprint density at radius 3 is 2.13 bits per heavy atom. The van der Waals surface area contributed by atoms with Crippen LogP contribution in [-0.4, -0.2) is 24.2 Å². The molecule has 2 rings (SSSR count). The van der Waals surface area contributed by atoms with Crippen molar-refractivity contribution in [2.45, 2.75) is 45.3 Å². The van der Waals surface area contributed by atoms with E-state index in [-0.39, 0.29) is 5.46 Å². The topological polar surface area (TPSA) is 71.3 Å². The smallest absolute Gasteiger partial charge is 0.399 e. The molecule has 0 aromatic heterocycles. The van der Waals surface area contributed by atoms with E-state index in [4.69, 9.17) is 14.6 Å². The number of nitriles is 1. The molecular weight excluding hydrogens is 305 g/mol. The van der Waals surface area contributed by atoms with Crippen molar-refractivity contribution >= 4 is 24.2 Å². The summed E-state index contributed by atoms with van der Waals surface area (Å²) >= 11 is 0. The summed E-state index contributed by atoms with van der Waals surface area (Å²) in [5.41, 5.74) is -1.68. The maximum atomic E-state index is 14.1. The lowest BCUT2D eigenvalue weighted by atomic mass is 9.79. The maximum absolute atomic E-state index is 14.1. The van der Waals surface area contributed by atoms with E-state index in [0.717, 1.165) is 12.1 Å². The molecule has 1 N–H and O–H groups in total. The lowest BCUT2D eigenvalue weighted by Gasteiger charge is -2.32. The van der Waals surface area contributed by atoms with Crippen LogP contribution in [0, 0.1) is 23.0 Å². The molecule has 0 aliphatic carbocycles. The maximum Gasteiger partial charge on any atom is 0.495 e. The second-order valence-electron chi connectivity index (χ2n) is 6.33. The molecule has 1 heterocycles. The molecule has 122 valence electrons. The fraction of sp³-hybridized carbons (Fsp3) is 0.467. The second kappa shape index (κ2) is 5.91. The summed E-state index contributed by atoms with van der Waals surface area (Å²) in [6.07, 6.45) is -0.488. The molecule has 1 amide bonds. The Balaban J connectivity index is 2.28. The average Bonchev–Trinajstić information content (AvgIpc) is 2.63. The third kappa shape index (κ3) is 3.36. The minimum Gasteiger partial charge on any atom is -0.399 e. The Bertz CT molecular complexity index is 647. The summed E-state index contributed by atoms with van der Waals surface area (Å²) < 4.78 is 39.7. The molecule has 23 heavy (non-hydrogen) atoms. The minimum absolute atomic E-state index is 0.178. The van der Waals surface area contributed by atoms with Gasteiger partial charge in [-0.1, -0.05) is 0 Å². The van der Waals surface area contributed by atoms with Crippen molar-refractivity contribution < 1.29 is 22.9 Å². The highest BCUT2D eigenvalue weighted by Gasteiger charge is 2.52. The predicted molar refractivity (Wildman–Crippen MR) is 80.9 cm³/mol. The average molecular weight is 322 g/mol.